The van der Waals surface area contributed by atoms with Gasteiger partial charge >= 0.3 is 0 Å². The molecule has 0 spiro atoms. The summed E-state index contributed by atoms with van der Waals surface area (Å²) in [5, 5.41) is 12.2. The predicted octanol–water partition coefficient (Wildman–Crippen LogP) is 5.95. The number of carbonyl (C=O) groups is 2. The van der Waals surface area contributed by atoms with Crippen LogP contribution in [0.5, 0.6) is 17.2 Å². The third-order valence-corrected chi connectivity index (χ3v) is 6.74. The number of Topliss-reactive ketones (excluding diaryl/α,β-unsaturated/α-hetero) is 1. The number of aliphatic hydroxyl groups is 1. The molecular formula is C27H23Cl2NO6. The monoisotopic (exact) mass is 527 g/mol. The highest BCUT2D eigenvalue weighted by molar-refractivity contribution is 6.52. The van der Waals surface area contributed by atoms with E-state index in [1.54, 1.807) is 42.5 Å². The van der Waals surface area contributed by atoms with Gasteiger partial charge in [0.15, 0.2) is 0 Å². The van der Waals surface area contributed by atoms with Gasteiger partial charge in [0, 0.05) is 16.8 Å². The Balaban J connectivity index is 1.99. The maximum absolute atomic E-state index is 13.4. The molecule has 1 saturated heterocycles. The molecule has 0 aliphatic carbocycles. The van der Waals surface area contributed by atoms with Gasteiger partial charge in [-0.15, -0.1) is 0 Å². The fraction of sp³-hybridized carbons (Fsp3) is 0.185. The van der Waals surface area contributed by atoms with Crippen LogP contribution in [-0.2, 0) is 9.59 Å². The minimum absolute atomic E-state index is 0.121. The van der Waals surface area contributed by atoms with Crippen LogP contribution in [0, 0.1) is 6.92 Å². The van der Waals surface area contributed by atoms with Gasteiger partial charge in [-0.25, -0.2) is 0 Å². The first-order valence-corrected chi connectivity index (χ1v) is 11.6. The molecule has 186 valence electrons. The van der Waals surface area contributed by atoms with E-state index in [1.165, 1.54) is 38.4 Å². The van der Waals surface area contributed by atoms with E-state index >= 15 is 0 Å². The van der Waals surface area contributed by atoms with Crippen molar-refractivity contribution in [2.24, 2.45) is 0 Å². The molecule has 1 amide bonds. The van der Waals surface area contributed by atoms with E-state index in [1.807, 2.05) is 6.92 Å². The Morgan fingerprint density at radius 3 is 2.11 bits per heavy atom. The summed E-state index contributed by atoms with van der Waals surface area (Å²) >= 11 is 12.6. The zero-order valence-electron chi connectivity index (χ0n) is 20.0. The summed E-state index contributed by atoms with van der Waals surface area (Å²) in [4.78, 5) is 28.1. The normalized spacial score (nSPS) is 16.8. The molecule has 1 N–H and O–H groups in total. The molecule has 1 heterocycles. The van der Waals surface area contributed by atoms with Crippen LogP contribution in [0.15, 0.2) is 60.2 Å². The lowest BCUT2D eigenvalue weighted by Crippen LogP contribution is -2.29. The first kappa shape index (κ1) is 25.4. The summed E-state index contributed by atoms with van der Waals surface area (Å²) in [6.07, 6.45) is 0. The molecule has 1 aliphatic rings. The second kappa shape index (κ2) is 10.1. The first-order chi connectivity index (χ1) is 17.2. The van der Waals surface area contributed by atoms with Crippen LogP contribution in [0.3, 0.4) is 0 Å². The number of hydrogen-bond acceptors (Lipinski definition) is 6. The number of aliphatic hydroxyl groups excluding tert-OH is 1. The molecule has 3 aromatic carbocycles. The third kappa shape index (κ3) is 4.36. The van der Waals surface area contributed by atoms with Crippen LogP contribution in [0.2, 0.25) is 10.0 Å². The smallest absolute Gasteiger partial charge is 0.300 e. The zero-order chi connectivity index (χ0) is 26.1. The molecule has 1 fully saturated rings. The number of ether oxygens (including phenoxy) is 3. The number of hydrogen-bond donors (Lipinski definition) is 1. The molecule has 0 radical (unpaired) electrons. The van der Waals surface area contributed by atoms with Crippen LogP contribution in [0.1, 0.15) is 22.7 Å². The maximum Gasteiger partial charge on any atom is 0.300 e. The number of ketones is 1. The lowest BCUT2D eigenvalue weighted by Gasteiger charge is -2.26. The van der Waals surface area contributed by atoms with Crippen molar-refractivity contribution in [2.45, 2.75) is 13.0 Å². The highest BCUT2D eigenvalue weighted by Gasteiger charge is 2.47. The average Bonchev–Trinajstić information content (AvgIpc) is 3.15. The van der Waals surface area contributed by atoms with E-state index in [0.29, 0.717) is 22.0 Å². The van der Waals surface area contributed by atoms with Crippen molar-refractivity contribution in [1.29, 1.82) is 0 Å². The molecule has 9 heteroatoms. The standard InChI is InChI=1S/C27H23Cl2NO6/c1-14-5-8-16(11-19(14)28)30-24(15-6-9-17(34-2)10-7-15)23(26(32)27(30)33)25(31)18-12-22(36-4)20(29)13-21(18)35-3/h5-13,24,31H,1-4H3/b25-23+. The number of methoxy groups -OCH3 is 3. The lowest BCUT2D eigenvalue weighted by molar-refractivity contribution is -0.132. The van der Waals surface area contributed by atoms with Crippen LogP contribution in [0.4, 0.5) is 5.69 Å². The first-order valence-electron chi connectivity index (χ1n) is 10.8. The average molecular weight is 528 g/mol. The summed E-state index contributed by atoms with van der Waals surface area (Å²) in [5.74, 6) is -1.03. The molecule has 0 aromatic heterocycles. The summed E-state index contributed by atoms with van der Waals surface area (Å²) in [6, 6.07) is 13.9. The zero-order valence-corrected chi connectivity index (χ0v) is 21.5. The second-order valence-corrected chi connectivity index (χ2v) is 8.88. The highest BCUT2D eigenvalue weighted by Crippen LogP contribution is 2.45. The van der Waals surface area contributed by atoms with E-state index in [4.69, 9.17) is 37.4 Å². The van der Waals surface area contributed by atoms with Crippen molar-refractivity contribution in [3.05, 3.63) is 86.9 Å². The fourth-order valence-corrected chi connectivity index (χ4v) is 4.53. The lowest BCUT2D eigenvalue weighted by atomic mass is 9.94. The van der Waals surface area contributed by atoms with Crippen molar-refractivity contribution in [3.63, 3.8) is 0 Å². The Labute approximate surface area is 218 Å². The number of anilines is 1. The number of carbonyl (C=O) groups excluding carboxylic acids is 2. The van der Waals surface area contributed by atoms with Gasteiger partial charge in [0.25, 0.3) is 11.7 Å². The van der Waals surface area contributed by atoms with Gasteiger partial charge in [-0.3, -0.25) is 14.5 Å². The van der Waals surface area contributed by atoms with Crippen LogP contribution in [-0.4, -0.2) is 38.1 Å². The Hall–Kier alpha value is -3.68. The maximum atomic E-state index is 13.4. The van der Waals surface area contributed by atoms with Crippen molar-refractivity contribution in [1.82, 2.24) is 0 Å². The number of aryl methyl sites for hydroxylation is 1. The Bertz CT molecular complexity index is 1380. The molecular weight excluding hydrogens is 505 g/mol. The number of halogens is 2. The number of rotatable bonds is 6. The van der Waals surface area contributed by atoms with Gasteiger partial charge < -0.3 is 19.3 Å². The van der Waals surface area contributed by atoms with Crippen molar-refractivity contribution < 1.29 is 28.9 Å². The van der Waals surface area contributed by atoms with Gasteiger partial charge in [-0.1, -0.05) is 41.4 Å². The topological polar surface area (TPSA) is 85.3 Å². The minimum atomic E-state index is -0.957. The largest absolute Gasteiger partial charge is 0.507 e. The Morgan fingerprint density at radius 1 is 0.861 bits per heavy atom. The van der Waals surface area contributed by atoms with Crippen LogP contribution >= 0.6 is 23.2 Å². The van der Waals surface area contributed by atoms with Crippen molar-refractivity contribution >= 4 is 46.3 Å². The van der Waals surface area contributed by atoms with Crippen molar-refractivity contribution in [3.8, 4) is 17.2 Å². The van der Waals surface area contributed by atoms with Crippen LogP contribution in [0.25, 0.3) is 5.76 Å². The fourth-order valence-electron chi connectivity index (χ4n) is 4.12. The molecule has 1 atom stereocenters. The molecule has 4 rings (SSSR count). The highest BCUT2D eigenvalue weighted by atomic mass is 35.5. The van der Waals surface area contributed by atoms with E-state index in [0.717, 1.165) is 5.56 Å². The van der Waals surface area contributed by atoms with Gasteiger partial charge in [0.2, 0.25) is 0 Å². The third-order valence-electron chi connectivity index (χ3n) is 6.04. The van der Waals surface area contributed by atoms with Gasteiger partial charge in [0.1, 0.15) is 23.0 Å². The predicted molar refractivity (Wildman–Crippen MR) is 139 cm³/mol. The molecule has 1 aliphatic heterocycles. The van der Waals surface area contributed by atoms with Gasteiger partial charge in [-0.2, -0.15) is 0 Å². The summed E-state index contributed by atoms with van der Waals surface area (Å²) in [7, 11) is 4.37. The summed E-state index contributed by atoms with van der Waals surface area (Å²) in [5.41, 5.74) is 1.83. The van der Waals surface area contributed by atoms with Gasteiger partial charge in [0.05, 0.1) is 43.5 Å². The summed E-state index contributed by atoms with van der Waals surface area (Å²) < 4.78 is 15.9. The quantitative estimate of drug-likeness (QED) is 0.242. The number of amides is 1. The Morgan fingerprint density at radius 2 is 1.53 bits per heavy atom. The summed E-state index contributed by atoms with van der Waals surface area (Å²) in [6.45, 7) is 1.83. The molecule has 7 nitrogen and oxygen atoms in total. The van der Waals surface area contributed by atoms with E-state index in [-0.39, 0.29) is 27.7 Å². The molecule has 1 unspecified atom stereocenters. The Kier molecular flexibility index (Phi) is 7.15. The molecule has 3 aromatic rings. The van der Waals surface area contributed by atoms with Crippen molar-refractivity contribution in [2.75, 3.05) is 26.2 Å². The van der Waals surface area contributed by atoms with Gasteiger partial charge in [-0.05, 0) is 48.4 Å². The van der Waals surface area contributed by atoms with E-state index in [9.17, 15) is 14.7 Å². The molecule has 0 saturated carbocycles. The van der Waals surface area contributed by atoms with E-state index < -0.39 is 23.5 Å². The minimum Gasteiger partial charge on any atom is -0.507 e. The number of nitrogens with zero attached hydrogens (tertiary/aromatic N) is 1. The second-order valence-electron chi connectivity index (χ2n) is 8.06. The molecule has 36 heavy (non-hydrogen) atoms. The SMILES string of the molecule is COc1ccc(C2/C(=C(\O)c3cc(OC)c(Cl)cc3OC)C(=O)C(=O)N2c2ccc(C)c(Cl)c2)cc1. The molecule has 0 bridgehead atoms. The van der Waals surface area contributed by atoms with E-state index in [2.05, 4.69) is 0 Å². The van der Waals surface area contributed by atoms with Crippen LogP contribution < -0.4 is 19.1 Å². The number of benzene rings is 3.